The molecule has 0 radical (unpaired) electrons. The van der Waals surface area contributed by atoms with Gasteiger partial charge in [-0.2, -0.15) is 0 Å². The number of hydrogen-bond acceptors (Lipinski definition) is 3. The van der Waals surface area contributed by atoms with Crippen LogP contribution < -0.4 is 4.72 Å². The van der Waals surface area contributed by atoms with Crippen LogP contribution in [0.1, 0.15) is 72.6 Å². The van der Waals surface area contributed by atoms with Gasteiger partial charge in [-0.05, 0) is 36.5 Å². The highest BCUT2D eigenvalue weighted by Crippen LogP contribution is 2.29. The van der Waals surface area contributed by atoms with Crippen molar-refractivity contribution >= 4 is 10.0 Å². The molecule has 0 spiro atoms. The number of rotatable bonds is 4. The van der Waals surface area contributed by atoms with Crippen LogP contribution in [0.25, 0.3) is 0 Å². The van der Waals surface area contributed by atoms with Crippen LogP contribution in [0, 0.1) is 23.7 Å². The van der Waals surface area contributed by atoms with Crippen molar-refractivity contribution in [2.75, 3.05) is 19.4 Å². The van der Waals surface area contributed by atoms with Gasteiger partial charge in [-0.15, -0.1) is 0 Å². The molecule has 2 saturated carbocycles. The Morgan fingerprint density at radius 1 is 0.913 bits per heavy atom. The molecule has 4 atom stereocenters. The number of nitrogens with one attached hydrogen (secondary N) is 1. The zero-order chi connectivity index (χ0) is 16.6. The number of sulfonamides is 1. The van der Waals surface area contributed by atoms with Gasteiger partial charge in [0.1, 0.15) is 0 Å². The second kappa shape index (κ2) is 11.4. The topological polar surface area (TPSA) is 66.4 Å². The zero-order valence-corrected chi connectivity index (χ0v) is 15.4. The Morgan fingerprint density at radius 3 is 1.70 bits per heavy atom. The summed E-state index contributed by atoms with van der Waals surface area (Å²) in [6, 6.07) is 0. The van der Waals surface area contributed by atoms with Gasteiger partial charge in [0.25, 0.3) is 0 Å². The van der Waals surface area contributed by atoms with Crippen LogP contribution in [0.2, 0.25) is 0 Å². The van der Waals surface area contributed by atoms with Gasteiger partial charge in [-0.1, -0.05) is 59.8 Å². The smallest absolute Gasteiger partial charge is 0.208 e. The highest BCUT2D eigenvalue weighted by atomic mass is 32.2. The molecule has 0 saturated heterocycles. The molecule has 0 amide bonds. The van der Waals surface area contributed by atoms with Gasteiger partial charge in [0.05, 0.1) is 6.26 Å². The van der Waals surface area contributed by atoms with Crippen LogP contribution in [0.15, 0.2) is 0 Å². The average molecular weight is 350 g/mol. The second-order valence-corrected chi connectivity index (χ2v) is 9.18. The van der Waals surface area contributed by atoms with Crippen molar-refractivity contribution in [2.24, 2.45) is 23.7 Å². The first kappa shape index (κ1) is 22.9. The molecule has 2 rings (SSSR count). The van der Waals surface area contributed by atoms with Gasteiger partial charge >= 0.3 is 0 Å². The van der Waals surface area contributed by atoms with E-state index in [0.717, 1.165) is 5.92 Å². The molecular formula is C18H39NO3S. The van der Waals surface area contributed by atoms with E-state index in [0.29, 0.717) is 30.9 Å². The van der Waals surface area contributed by atoms with E-state index in [9.17, 15) is 8.42 Å². The summed E-state index contributed by atoms with van der Waals surface area (Å²) in [7, 11) is -3.00. The SMILES string of the molecule is C.CC1CCCCC1CNS(C)(=O)=O.CC1CCCCC1CO. The third kappa shape index (κ3) is 9.68. The number of aliphatic hydroxyl groups excluding tert-OH is 1. The lowest BCUT2D eigenvalue weighted by Gasteiger charge is -2.28. The molecule has 2 fully saturated rings. The maximum Gasteiger partial charge on any atom is 0.208 e. The molecule has 0 aromatic rings. The average Bonchev–Trinajstić information content (AvgIpc) is 2.47. The summed E-state index contributed by atoms with van der Waals surface area (Å²) >= 11 is 0. The van der Waals surface area contributed by atoms with Crippen LogP contribution in [0.5, 0.6) is 0 Å². The van der Waals surface area contributed by atoms with E-state index < -0.39 is 10.0 Å². The minimum atomic E-state index is -3.00. The van der Waals surface area contributed by atoms with E-state index >= 15 is 0 Å². The molecule has 0 aromatic heterocycles. The van der Waals surface area contributed by atoms with Gasteiger partial charge < -0.3 is 5.11 Å². The molecule has 140 valence electrons. The Kier molecular flexibility index (Phi) is 11.4. The lowest BCUT2D eigenvalue weighted by molar-refractivity contribution is 0.144. The summed E-state index contributed by atoms with van der Waals surface area (Å²) in [5, 5.41) is 8.86. The van der Waals surface area contributed by atoms with Crippen molar-refractivity contribution in [3.8, 4) is 0 Å². The summed E-state index contributed by atoms with van der Waals surface area (Å²) in [6.45, 7) is 5.50. The van der Waals surface area contributed by atoms with Gasteiger partial charge in [0.2, 0.25) is 10.0 Å². The summed E-state index contributed by atoms with van der Waals surface area (Å²) in [4.78, 5) is 0. The van der Waals surface area contributed by atoms with Crippen molar-refractivity contribution in [3.63, 3.8) is 0 Å². The van der Waals surface area contributed by atoms with E-state index in [1.165, 1.54) is 57.6 Å². The monoisotopic (exact) mass is 349 g/mol. The fourth-order valence-corrected chi connectivity index (χ4v) is 4.14. The Labute approximate surface area is 144 Å². The van der Waals surface area contributed by atoms with Crippen LogP contribution in [-0.2, 0) is 10.0 Å². The summed E-state index contributed by atoms with van der Waals surface area (Å²) in [5.74, 6) is 2.59. The third-order valence-corrected chi connectivity index (χ3v) is 6.11. The van der Waals surface area contributed by atoms with Crippen LogP contribution in [0.4, 0.5) is 0 Å². The van der Waals surface area contributed by atoms with E-state index in [1.807, 2.05) is 0 Å². The van der Waals surface area contributed by atoms with Gasteiger partial charge in [-0.25, -0.2) is 13.1 Å². The van der Waals surface area contributed by atoms with Gasteiger partial charge in [0.15, 0.2) is 0 Å². The molecule has 23 heavy (non-hydrogen) atoms. The van der Waals surface area contributed by atoms with E-state index in [4.69, 9.17) is 5.11 Å². The van der Waals surface area contributed by atoms with Crippen LogP contribution in [-0.4, -0.2) is 32.9 Å². The predicted octanol–water partition coefficient (Wildman–Crippen LogP) is 3.80. The van der Waals surface area contributed by atoms with Crippen molar-refractivity contribution in [2.45, 2.75) is 72.6 Å². The molecular weight excluding hydrogens is 310 g/mol. The molecule has 4 nitrogen and oxygen atoms in total. The van der Waals surface area contributed by atoms with Crippen LogP contribution in [0.3, 0.4) is 0 Å². The Bertz CT molecular complexity index is 397. The Balaban J connectivity index is 0.000000427. The first-order valence-corrected chi connectivity index (χ1v) is 10.8. The number of hydrogen-bond donors (Lipinski definition) is 2. The normalized spacial score (nSPS) is 31.5. The maximum absolute atomic E-state index is 10.9. The first-order valence-electron chi connectivity index (χ1n) is 8.89. The largest absolute Gasteiger partial charge is 0.396 e. The fourth-order valence-electron chi connectivity index (χ4n) is 3.62. The van der Waals surface area contributed by atoms with E-state index in [1.54, 1.807) is 0 Å². The van der Waals surface area contributed by atoms with Gasteiger partial charge in [-0.3, -0.25) is 0 Å². The zero-order valence-electron chi connectivity index (χ0n) is 14.6. The molecule has 0 heterocycles. The molecule has 2 N–H and O–H groups in total. The van der Waals surface area contributed by atoms with Crippen molar-refractivity contribution < 1.29 is 13.5 Å². The van der Waals surface area contributed by atoms with E-state index in [-0.39, 0.29) is 7.43 Å². The Hall–Kier alpha value is -0.130. The minimum absolute atomic E-state index is 0. The molecule has 2 aliphatic carbocycles. The van der Waals surface area contributed by atoms with E-state index in [2.05, 4.69) is 18.6 Å². The van der Waals surface area contributed by atoms with Crippen LogP contribution >= 0.6 is 0 Å². The summed E-state index contributed by atoms with van der Waals surface area (Å²) in [6.07, 6.45) is 11.5. The van der Waals surface area contributed by atoms with Crippen molar-refractivity contribution in [1.82, 2.24) is 4.72 Å². The highest BCUT2D eigenvalue weighted by molar-refractivity contribution is 7.88. The van der Waals surface area contributed by atoms with Crippen molar-refractivity contribution in [1.29, 1.82) is 0 Å². The number of aliphatic hydroxyl groups is 1. The molecule has 4 unspecified atom stereocenters. The lowest BCUT2D eigenvalue weighted by Crippen LogP contribution is -2.32. The quantitative estimate of drug-likeness (QED) is 0.811. The predicted molar refractivity (Wildman–Crippen MR) is 98.9 cm³/mol. The molecule has 0 bridgehead atoms. The summed E-state index contributed by atoms with van der Waals surface area (Å²) in [5.41, 5.74) is 0. The van der Waals surface area contributed by atoms with Gasteiger partial charge in [0, 0.05) is 13.2 Å². The highest BCUT2D eigenvalue weighted by Gasteiger charge is 2.21. The summed E-state index contributed by atoms with van der Waals surface area (Å²) < 4.78 is 24.3. The molecule has 5 heteroatoms. The first-order chi connectivity index (χ1) is 10.3. The second-order valence-electron chi connectivity index (χ2n) is 7.35. The Morgan fingerprint density at radius 2 is 1.35 bits per heavy atom. The molecule has 0 aliphatic heterocycles. The third-order valence-electron chi connectivity index (χ3n) is 5.42. The fraction of sp³-hybridized carbons (Fsp3) is 1.00. The molecule has 2 aliphatic rings. The van der Waals surface area contributed by atoms with Crippen molar-refractivity contribution in [3.05, 3.63) is 0 Å². The minimum Gasteiger partial charge on any atom is -0.396 e. The lowest BCUT2D eigenvalue weighted by atomic mass is 9.81. The molecule has 0 aromatic carbocycles. The standard InChI is InChI=1S/C9H19NO2S.C8H16O.CH4/c1-8-5-3-4-6-9(8)7-10-13(2,11)12;1-7-4-2-3-5-8(7)6-9;/h8-10H,3-7H2,1-2H3;7-9H,2-6H2,1H3;1H4. The maximum atomic E-state index is 10.9.